The first-order valence-corrected chi connectivity index (χ1v) is 17.3. The Morgan fingerprint density at radius 2 is 1.04 bits per heavy atom. The summed E-state index contributed by atoms with van der Waals surface area (Å²) < 4.78 is 2.23. The molecule has 7 aromatic carbocycles. The Balaban J connectivity index is 1.13. The average molecular weight is 640 g/mol. The molecule has 1 aliphatic carbocycles. The third-order valence-electron chi connectivity index (χ3n) is 10.6. The maximum atomic E-state index is 5.28. The second-order valence-electron chi connectivity index (χ2n) is 13.9. The van der Waals surface area contributed by atoms with Gasteiger partial charge in [-0.3, -0.25) is 4.57 Å². The van der Waals surface area contributed by atoms with Gasteiger partial charge in [0.15, 0.2) is 0 Å². The monoisotopic (exact) mass is 639 g/mol. The number of nitrogens with zero attached hydrogens (tertiary/aromatic N) is 3. The predicted molar refractivity (Wildman–Crippen MR) is 208 cm³/mol. The molecule has 10 rings (SSSR count). The summed E-state index contributed by atoms with van der Waals surface area (Å²) in [5.74, 6) is 0.668. The van der Waals surface area contributed by atoms with Crippen LogP contribution in [-0.2, 0) is 5.41 Å². The third-order valence-corrected chi connectivity index (χ3v) is 10.6. The average Bonchev–Trinajstić information content (AvgIpc) is 3.62. The van der Waals surface area contributed by atoms with Crippen molar-refractivity contribution in [2.75, 3.05) is 0 Å². The molecule has 0 unspecified atom stereocenters. The second kappa shape index (κ2) is 10.8. The zero-order chi connectivity index (χ0) is 33.4. The van der Waals surface area contributed by atoms with Gasteiger partial charge < -0.3 is 0 Å². The maximum Gasteiger partial charge on any atom is 0.235 e. The Morgan fingerprint density at radius 3 is 1.90 bits per heavy atom. The number of fused-ring (bicyclic) bond motifs is 7. The SMILES string of the molecule is CC1(C)c2ccccc2-c2ccc(-c3cccc(-c4ccc5c6ccccc6n(-c6nc(-c7ccccc7)c7ccccc7n6)c5c4)c3)cc21. The normalized spacial score (nSPS) is 13.2. The Labute approximate surface area is 291 Å². The van der Waals surface area contributed by atoms with Crippen molar-refractivity contribution in [3.8, 4) is 50.6 Å². The largest absolute Gasteiger partial charge is 0.278 e. The summed E-state index contributed by atoms with van der Waals surface area (Å²) in [6.45, 7) is 4.68. The zero-order valence-corrected chi connectivity index (χ0v) is 27.9. The van der Waals surface area contributed by atoms with Gasteiger partial charge in [0.05, 0.1) is 22.2 Å². The summed E-state index contributed by atoms with van der Waals surface area (Å²) >= 11 is 0. The lowest BCUT2D eigenvalue weighted by atomic mass is 9.81. The van der Waals surface area contributed by atoms with E-state index in [9.17, 15) is 0 Å². The van der Waals surface area contributed by atoms with Crippen LogP contribution in [0.5, 0.6) is 0 Å². The molecule has 236 valence electrons. The second-order valence-corrected chi connectivity index (χ2v) is 13.9. The molecular formula is C47H33N3. The van der Waals surface area contributed by atoms with Gasteiger partial charge in [0.2, 0.25) is 5.95 Å². The third kappa shape index (κ3) is 4.30. The van der Waals surface area contributed by atoms with Crippen molar-refractivity contribution in [3.05, 3.63) is 175 Å². The van der Waals surface area contributed by atoms with Crippen molar-refractivity contribution < 1.29 is 0 Å². The van der Waals surface area contributed by atoms with Gasteiger partial charge in [0.1, 0.15) is 0 Å². The summed E-state index contributed by atoms with van der Waals surface area (Å²) in [4.78, 5) is 10.4. The summed E-state index contributed by atoms with van der Waals surface area (Å²) in [5.41, 5.74) is 15.3. The minimum atomic E-state index is -0.0385. The molecular weight excluding hydrogens is 607 g/mol. The fourth-order valence-corrected chi connectivity index (χ4v) is 8.11. The highest BCUT2D eigenvalue weighted by Crippen LogP contribution is 2.49. The number of hydrogen-bond donors (Lipinski definition) is 0. The Bertz CT molecular complexity index is 2790. The minimum Gasteiger partial charge on any atom is -0.278 e. The van der Waals surface area contributed by atoms with E-state index < -0.39 is 0 Å². The van der Waals surface area contributed by atoms with Crippen molar-refractivity contribution in [3.63, 3.8) is 0 Å². The van der Waals surface area contributed by atoms with Crippen LogP contribution >= 0.6 is 0 Å². The van der Waals surface area contributed by atoms with Crippen LogP contribution in [0.25, 0.3) is 83.3 Å². The molecule has 0 fully saturated rings. The van der Waals surface area contributed by atoms with Gasteiger partial charge in [-0.1, -0.05) is 147 Å². The van der Waals surface area contributed by atoms with Crippen molar-refractivity contribution in [1.82, 2.24) is 14.5 Å². The lowest BCUT2D eigenvalue weighted by molar-refractivity contribution is 0.660. The first-order valence-electron chi connectivity index (χ1n) is 17.3. The highest BCUT2D eigenvalue weighted by molar-refractivity contribution is 6.10. The topological polar surface area (TPSA) is 30.7 Å². The van der Waals surface area contributed by atoms with Gasteiger partial charge in [-0.25, -0.2) is 9.97 Å². The molecule has 9 aromatic rings. The van der Waals surface area contributed by atoms with Crippen LogP contribution < -0.4 is 0 Å². The van der Waals surface area contributed by atoms with Crippen molar-refractivity contribution in [1.29, 1.82) is 0 Å². The van der Waals surface area contributed by atoms with Gasteiger partial charge in [-0.2, -0.15) is 0 Å². The molecule has 2 aromatic heterocycles. The van der Waals surface area contributed by atoms with Crippen molar-refractivity contribution >= 4 is 32.7 Å². The molecule has 0 saturated heterocycles. The molecule has 2 heterocycles. The molecule has 0 saturated carbocycles. The summed E-state index contributed by atoms with van der Waals surface area (Å²) in [6, 6.07) is 58.8. The van der Waals surface area contributed by atoms with E-state index in [0.29, 0.717) is 5.95 Å². The fraction of sp³-hybridized carbons (Fsp3) is 0.0638. The molecule has 0 bridgehead atoms. The van der Waals surface area contributed by atoms with Gasteiger partial charge in [0.25, 0.3) is 0 Å². The summed E-state index contributed by atoms with van der Waals surface area (Å²) in [5, 5.41) is 3.40. The first kappa shape index (κ1) is 28.7. The fourth-order valence-electron chi connectivity index (χ4n) is 8.11. The lowest BCUT2D eigenvalue weighted by Crippen LogP contribution is -2.14. The van der Waals surface area contributed by atoms with E-state index in [4.69, 9.17) is 9.97 Å². The van der Waals surface area contributed by atoms with Gasteiger partial charge >= 0.3 is 0 Å². The Hall–Kier alpha value is -6.32. The molecule has 0 N–H and O–H groups in total. The molecule has 0 amide bonds. The van der Waals surface area contributed by atoms with E-state index in [1.807, 2.05) is 12.1 Å². The van der Waals surface area contributed by atoms with Gasteiger partial charge in [0, 0.05) is 27.1 Å². The standard InChI is InChI=1S/C47H33N3/c1-47(2)40-20-9-6-17-35(40)36-25-23-33(28-41(36)47)31-15-12-16-32(27-31)34-24-26-38-37-18-8-11-22-43(37)50(44(38)29-34)46-48-42-21-10-7-19-39(42)45(49-46)30-13-4-3-5-14-30/h3-29H,1-2H3. The van der Waals surface area contributed by atoms with E-state index in [2.05, 4.69) is 170 Å². The van der Waals surface area contributed by atoms with Gasteiger partial charge in [-0.15, -0.1) is 0 Å². The minimum absolute atomic E-state index is 0.0385. The smallest absolute Gasteiger partial charge is 0.235 e. The maximum absolute atomic E-state index is 5.28. The quantitative estimate of drug-likeness (QED) is 0.192. The van der Waals surface area contributed by atoms with Crippen LogP contribution in [0.4, 0.5) is 0 Å². The van der Waals surface area contributed by atoms with E-state index >= 15 is 0 Å². The summed E-state index contributed by atoms with van der Waals surface area (Å²) in [7, 11) is 0. The molecule has 3 heteroatoms. The first-order chi connectivity index (χ1) is 24.5. The zero-order valence-electron chi connectivity index (χ0n) is 27.9. The lowest BCUT2D eigenvalue weighted by Gasteiger charge is -2.22. The van der Waals surface area contributed by atoms with Crippen LogP contribution in [0, 0.1) is 0 Å². The summed E-state index contributed by atoms with van der Waals surface area (Å²) in [6.07, 6.45) is 0. The Kier molecular flexibility index (Phi) is 6.22. The van der Waals surface area contributed by atoms with Crippen molar-refractivity contribution in [2.45, 2.75) is 19.3 Å². The molecule has 0 aliphatic heterocycles. The van der Waals surface area contributed by atoms with E-state index in [1.54, 1.807) is 0 Å². The number of benzene rings is 7. The van der Waals surface area contributed by atoms with Crippen LogP contribution in [0.15, 0.2) is 164 Å². The van der Waals surface area contributed by atoms with E-state index in [-0.39, 0.29) is 5.41 Å². The highest BCUT2D eigenvalue weighted by atomic mass is 15.2. The number of aromatic nitrogens is 3. The predicted octanol–water partition coefficient (Wildman–Crippen LogP) is 12.0. The van der Waals surface area contributed by atoms with Crippen LogP contribution in [0.2, 0.25) is 0 Å². The van der Waals surface area contributed by atoms with Crippen molar-refractivity contribution in [2.24, 2.45) is 0 Å². The number of para-hydroxylation sites is 2. The van der Waals surface area contributed by atoms with E-state index in [0.717, 1.165) is 38.8 Å². The molecule has 3 nitrogen and oxygen atoms in total. The molecule has 0 atom stereocenters. The van der Waals surface area contributed by atoms with E-state index in [1.165, 1.54) is 49.7 Å². The highest BCUT2D eigenvalue weighted by Gasteiger charge is 2.35. The van der Waals surface area contributed by atoms with Crippen LogP contribution in [-0.4, -0.2) is 14.5 Å². The molecule has 50 heavy (non-hydrogen) atoms. The molecule has 0 spiro atoms. The van der Waals surface area contributed by atoms with Crippen LogP contribution in [0.1, 0.15) is 25.0 Å². The number of rotatable bonds is 4. The number of hydrogen-bond acceptors (Lipinski definition) is 2. The molecule has 1 aliphatic rings. The Morgan fingerprint density at radius 1 is 0.420 bits per heavy atom. The molecule has 0 radical (unpaired) electrons. The van der Waals surface area contributed by atoms with Gasteiger partial charge in [-0.05, 0) is 74.8 Å². The van der Waals surface area contributed by atoms with Crippen LogP contribution in [0.3, 0.4) is 0 Å².